The number of piperidine rings is 1. The van der Waals surface area contributed by atoms with Gasteiger partial charge in [-0.25, -0.2) is 8.78 Å². The van der Waals surface area contributed by atoms with Crippen LogP contribution in [0.4, 0.5) is 20.3 Å². The lowest BCUT2D eigenvalue weighted by atomic mass is 9.79. The first-order valence-electron chi connectivity index (χ1n) is 15.9. The van der Waals surface area contributed by atoms with E-state index in [9.17, 15) is 13.9 Å². The average molecular weight is 642 g/mol. The van der Waals surface area contributed by atoms with Gasteiger partial charge < -0.3 is 19.6 Å². The minimum atomic E-state index is -0.824. The molecule has 6 heterocycles. The van der Waals surface area contributed by atoms with E-state index in [1.54, 1.807) is 18.2 Å². The Bertz CT molecular complexity index is 1610. The van der Waals surface area contributed by atoms with Gasteiger partial charge >= 0.3 is 6.01 Å². The van der Waals surface area contributed by atoms with Crippen molar-refractivity contribution in [2.45, 2.75) is 63.2 Å². The highest BCUT2D eigenvalue weighted by Gasteiger charge is 2.49. The van der Waals surface area contributed by atoms with E-state index in [1.807, 2.05) is 0 Å². The second-order valence-corrected chi connectivity index (χ2v) is 15.0. The summed E-state index contributed by atoms with van der Waals surface area (Å²) in [5.41, 5.74) is 2.72. The van der Waals surface area contributed by atoms with Gasteiger partial charge in [0.15, 0.2) is 0 Å². The topological polar surface area (TPSA) is 65.0 Å². The number of aromatic nitrogens is 2. The summed E-state index contributed by atoms with van der Waals surface area (Å²) >= 11 is 8.56. The molecule has 44 heavy (non-hydrogen) atoms. The molecule has 8 rings (SSSR count). The number of aromatic hydroxyl groups is 1. The van der Waals surface area contributed by atoms with Gasteiger partial charge in [-0.2, -0.15) is 21.7 Å². The smallest absolute Gasteiger partial charge is 0.318 e. The summed E-state index contributed by atoms with van der Waals surface area (Å²) in [4.78, 5) is 16.9. The Balaban J connectivity index is 1.16. The molecular weight excluding hydrogens is 604 g/mol. The lowest BCUT2D eigenvalue weighted by Gasteiger charge is -2.42. The van der Waals surface area contributed by atoms with Crippen LogP contribution in [-0.4, -0.2) is 82.5 Å². The third-order valence-corrected chi connectivity index (χ3v) is 12.4. The van der Waals surface area contributed by atoms with Crippen molar-refractivity contribution in [2.24, 2.45) is 5.41 Å². The molecule has 0 amide bonds. The highest BCUT2D eigenvalue weighted by molar-refractivity contribution is 7.99. The normalized spacial score (nSPS) is 28.7. The van der Waals surface area contributed by atoms with Crippen molar-refractivity contribution >= 4 is 45.6 Å². The number of anilines is 2. The van der Waals surface area contributed by atoms with Gasteiger partial charge in [0.2, 0.25) is 0 Å². The number of hydrogen-bond acceptors (Lipinski definition) is 8. The summed E-state index contributed by atoms with van der Waals surface area (Å²) in [6.07, 6.45) is 5.98. The lowest BCUT2D eigenvalue weighted by molar-refractivity contribution is 0.107. The molecule has 1 spiro atoms. The Morgan fingerprint density at radius 1 is 1.09 bits per heavy atom. The Kier molecular flexibility index (Phi) is 7.26. The zero-order valence-electron chi connectivity index (χ0n) is 24.8. The van der Waals surface area contributed by atoms with Crippen LogP contribution in [0.15, 0.2) is 24.3 Å². The Labute approximate surface area is 265 Å². The summed E-state index contributed by atoms with van der Waals surface area (Å²) in [6, 6.07) is 6.59. The first kappa shape index (κ1) is 28.9. The number of benzene rings is 2. The molecule has 1 N–H and O–H groups in total. The Morgan fingerprint density at radius 2 is 1.98 bits per heavy atom. The van der Waals surface area contributed by atoms with E-state index in [2.05, 4.69) is 26.5 Å². The summed E-state index contributed by atoms with van der Waals surface area (Å²) in [5.74, 6) is 2.98. The molecule has 3 aromatic rings. The highest BCUT2D eigenvalue weighted by atomic mass is 35.5. The van der Waals surface area contributed by atoms with E-state index in [4.69, 9.17) is 26.3 Å². The van der Waals surface area contributed by atoms with Crippen LogP contribution in [0.1, 0.15) is 49.8 Å². The van der Waals surface area contributed by atoms with Crippen molar-refractivity contribution in [3.05, 3.63) is 46.4 Å². The molecule has 0 bridgehead atoms. The molecule has 234 valence electrons. The highest BCUT2D eigenvalue weighted by Crippen LogP contribution is 2.46. The minimum absolute atomic E-state index is 0.0480. The summed E-state index contributed by atoms with van der Waals surface area (Å²) < 4.78 is 35.5. The van der Waals surface area contributed by atoms with E-state index >= 15 is 0 Å². The molecular formula is C33H38ClF2N5O2S. The van der Waals surface area contributed by atoms with Crippen LogP contribution in [0.3, 0.4) is 0 Å². The largest absolute Gasteiger partial charge is 0.508 e. The van der Waals surface area contributed by atoms with E-state index in [0.717, 1.165) is 56.0 Å². The van der Waals surface area contributed by atoms with Crippen molar-refractivity contribution in [1.82, 2.24) is 14.9 Å². The maximum Gasteiger partial charge on any atom is 0.318 e. The Hall–Kier alpha value is -2.56. The van der Waals surface area contributed by atoms with Gasteiger partial charge in [-0.1, -0.05) is 17.7 Å². The van der Waals surface area contributed by atoms with Crippen molar-refractivity contribution in [1.29, 1.82) is 0 Å². The van der Waals surface area contributed by atoms with Crippen molar-refractivity contribution in [2.75, 3.05) is 60.6 Å². The van der Waals surface area contributed by atoms with Crippen LogP contribution in [0, 0.1) is 11.2 Å². The first-order chi connectivity index (χ1) is 21.3. The molecule has 5 aliphatic rings. The number of nitrogens with zero attached hydrogens (tertiary/aromatic N) is 5. The molecule has 0 radical (unpaired) electrons. The number of phenols is 1. The van der Waals surface area contributed by atoms with Crippen LogP contribution in [0.25, 0.3) is 10.8 Å². The van der Waals surface area contributed by atoms with Crippen molar-refractivity contribution < 1.29 is 18.6 Å². The van der Waals surface area contributed by atoms with Gasteiger partial charge in [0.05, 0.1) is 28.5 Å². The second-order valence-electron chi connectivity index (χ2n) is 13.5. The minimum Gasteiger partial charge on any atom is -0.508 e. The molecule has 5 aliphatic heterocycles. The molecule has 3 atom stereocenters. The van der Waals surface area contributed by atoms with Gasteiger partial charge in [-0.05, 0) is 73.8 Å². The molecule has 0 aliphatic carbocycles. The number of rotatable bonds is 5. The summed E-state index contributed by atoms with van der Waals surface area (Å²) in [6.45, 7) is 4.80. The molecule has 7 nitrogen and oxygen atoms in total. The molecule has 0 saturated carbocycles. The number of ether oxygens (including phenoxy) is 1. The summed E-state index contributed by atoms with van der Waals surface area (Å²) in [5, 5.41) is 11.9. The predicted octanol–water partition coefficient (Wildman–Crippen LogP) is 6.37. The number of fused-ring (bicyclic) bond motifs is 3. The molecule has 4 fully saturated rings. The third-order valence-electron chi connectivity index (χ3n) is 10.7. The summed E-state index contributed by atoms with van der Waals surface area (Å²) in [7, 11) is 0. The zero-order valence-corrected chi connectivity index (χ0v) is 26.4. The fourth-order valence-electron chi connectivity index (χ4n) is 8.54. The van der Waals surface area contributed by atoms with E-state index < -0.39 is 12.0 Å². The predicted molar refractivity (Wildman–Crippen MR) is 172 cm³/mol. The molecule has 4 saturated heterocycles. The number of phenolic OH excluding ortho intramolecular Hbond substituents is 1. The van der Waals surface area contributed by atoms with Gasteiger partial charge in [0, 0.05) is 55.4 Å². The number of hydrogen-bond donors (Lipinski definition) is 1. The fraction of sp³-hybridized carbons (Fsp3) is 0.576. The van der Waals surface area contributed by atoms with Crippen molar-refractivity contribution in [3.8, 4) is 11.8 Å². The van der Waals surface area contributed by atoms with Crippen LogP contribution >= 0.6 is 23.4 Å². The number of thioether (sulfide) groups is 1. The molecule has 11 heteroatoms. The quantitative estimate of drug-likeness (QED) is 0.345. The van der Waals surface area contributed by atoms with Crippen LogP contribution in [0.2, 0.25) is 5.02 Å². The van der Waals surface area contributed by atoms with Crippen LogP contribution in [0.5, 0.6) is 11.8 Å². The number of alkyl halides is 1. The molecule has 1 aromatic heterocycles. The lowest BCUT2D eigenvalue weighted by Crippen LogP contribution is -2.45. The standard InChI is InChI=1S/C33H38ClF2N5O2S/c34-29-25(36)4-3-21-13-23(42)14-27(28(21)29)39-11-5-24-26(17-39)37-31(43-19-33-7-2-10-41(33)16-22(35)15-33)38-30(24)40-9-1-6-32(18-40)8-12-44-20-32/h3-4,13-14,22,42H,1-2,5-12,15-20H2/t22-,32?,33+/m1/s1. The fourth-order valence-corrected chi connectivity index (χ4v) is 10.3. The Morgan fingerprint density at radius 3 is 2.84 bits per heavy atom. The van der Waals surface area contributed by atoms with Crippen molar-refractivity contribution in [3.63, 3.8) is 0 Å². The maximum absolute atomic E-state index is 14.6. The molecule has 1 unspecified atom stereocenters. The zero-order chi connectivity index (χ0) is 30.1. The van der Waals surface area contributed by atoms with Gasteiger partial charge in [0.1, 0.15) is 30.2 Å². The second kappa shape index (κ2) is 11.1. The SMILES string of the molecule is Oc1cc(N2CCc3c(nc(OC[C@@]45CCCN4C[C@H](F)C5)nc3N3CCCC4(CCSC4)C3)C2)c2c(Cl)c(F)ccc2c1. The van der Waals surface area contributed by atoms with Crippen LogP contribution < -0.4 is 14.5 Å². The maximum atomic E-state index is 14.6. The average Bonchev–Trinajstić information content (AvgIpc) is 3.71. The number of halogens is 3. The monoisotopic (exact) mass is 641 g/mol. The first-order valence-corrected chi connectivity index (χ1v) is 17.4. The van der Waals surface area contributed by atoms with Crippen LogP contribution in [-0.2, 0) is 13.0 Å². The van der Waals surface area contributed by atoms with Gasteiger partial charge in [0.25, 0.3) is 0 Å². The van der Waals surface area contributed by atoms with E-state index in [-0.39, 0.29) is 16.3 Å². The van der Waals surface area contributed by atoms with Gasteiger partial charge in [-0.3, -0.25) is 4.90 Å². The van der Waals surface area contributed by atoms with Gasteiger partial charge in [-0.15, -0.1) is 0 Å². The molecule has 2 aromatic carbocycles. The van der Waals surface area contributed by atoms with E-state index in [0.29, 0.717) is 67.0 Å². The van der Waals surface area contributed by atoms with E-state index in [1.165, 1.54) is 30.4 Å². The third kappa shape index (κ3) is 4.96.